The van der Waals surface area contributed by atoms with E-state index in [1.54, 1.807) is 0 Å². The van der Waals surface area contributed by atoms with Gasteiger partial charge < -0.3 is 0 Å². The third-order valence-electron chi connectivity index (χ3n) is 3.87. The lowest BCUT2D eigenvalue weighted by Crippen LogP contribution is -2.45. The van der Waals surface area contributed by atoms with Gasteiger partial charge in [-0.05, 0) is 40.0 Å². The summed E-state index contributed by atoms with van der Waals surface area (Å²) in [4.78, 5) is 36.7. The average Bonchev–Trinajstić information content (AvgIpc) is 2.57. The number of hydrogen-bond donors (Lipinski definition) is 1. The first-order valence-corrected chi connectivity index (χ1v) is 8.38. The molecule has 0 aliphatic heterocycles. The highest BCUT2D eigenvalue weighted by Crippen LogP contribution is 2.24. The first-order chi connectivity index (χ1) is 10.8. The summed E-state index contributed by atoms with van der Waals surface area (Å²) < 4.78 is 0. The maximum absolute atomic E-state index is 12.1. The Balaban J connectivity index is 4.67. The van der Waals surface area contributed by atoms with E-state index in [0.717, 1.165) is 25.7 Å². The van der Waals surface area contributed by atoms with Crippen molar-refractivity contribution >= 4 is 5.97 Å². The van der Waals surface area contributed by atoms with Gasteiger partial charge in [-0.25, -0.2) is 14.6 Å². The van der Waals surface area contributed by atoms with Crippen molar-refractivity contribution < 1.29 is 34.5 Å². The first-order valence-electron chi connectivity index (χ1n) is 8.38. The van der Waals surface area contributed by atoms with Crippen LogP contribution in [0.15, 0.2) is 0 Å². The quantitative estimate of drug-likeness (QED) is 0.309. The zero-order valence-electron chi connectivity index (χ0n) is 15.2. The van der Waals surface area contributed by atoms with Crippen LogP contribution in [0.5, 0.6) is 0 Å². The molecule has 7 nitrogen and oxygen atoms in total. The molecular weight excluding hydrogens is 304 g/mol. The predicted molar refractivity (Wildman–Crippen MR) is 84.0 cm³/mol. The minimum atomic E-state index is -1.59. The summed E-state index contributed by atoms with van der Waals surface area (Å²) in [5, 5.41) is 8.87. The second-order valence-corrected chi connectivity index (χ2v) is 5.90. The van der Waals surface area contributed by atoms with Crippen LogP contribution in [0.25, 0.3) is 0 Å². The molecule has 0 aliphatic carbocycles. The molecule has 0 aromatic carbocycles. The lowest BCUT2D eigenvalue weighted by molar-refractivity contribution is -0.530. The molecule has 0 aromatic rings. The van der Waals surface area contributed by atoms with Gasteiger partial charge >= 0.3 is 5.97 Å². The number of unbranched alkanes of at least 4 members (excludes halogenated alkanes) is 1. The van der Waals surface area contributed by atoms with Crippen LogP contribution in [0.2, 0.25) is 0 Å². The van der Waals surface area contributed by atoms with Gasteiger partial charge in [0.2, 0.25) is 0 Å². The van der Waals surface area contributed by atoms with Crippen LogP contribution < -0.4 is 0 Å². The lowest BCUT2D eigenvalue weighted by Gasteiger charge is -2.30. The monoisotopic (exact) mass is 336 g/mol. The molecule has 23 heavy (non-hydrogen) atoms. The highest BCUT2D eigenvalue weighted by atomic mass is 17.3. The van der Waals surface area contributed by atoms with Crippen molar-refractivity contribution in [3.8, 4) is 0 Å². The number of carbonyl (C=O) groups is 1. The van der Waals surface area contributed by atoms with Crippen molar-refractivity contribution in [2.24, 2.45) is 5.92 Å². The van der Waals surface area contributed by atoms with Crippen molar-refractivity contribution in [3.63, 3.8) is 0 Å². The second-order valence-electron chi connectivity index (χ2n) is 5.90. The van der Waals surface area contributed by atoms with E-state index >= 15 is 0 Å². The molecule has 4 atom stereocenters. The summed E-state index contributed by atoms with van der Waals surface area (Å²) in [5.41, 5.74) is 0. The smallest absolute Gasteiger partial charge is 0.295 e. The summed E-state index contributed by atoms with van der Waals surface area (Å²) in [5.74, 6) is -2.29. The minimum Gasteiger partial charge on any atom is -0.295 e. The van der Waals surface area contributed by atoms with E-state index in [2.05, 4.69) is 11.8 Å². The maximum Gasteiger partial charge on any atom is 0.345 e. The standard InChI is InChI=1S/C16H32O7/c1-7-10-11-14(9-3)15(17)21-23-16(6,13(5)19-18)22-20-12(4)8-2/h12-14,18H,7-11H2,1-6H3. The maximum atomic E-state index is 12.1. The van der Waals surface area contributed by atoms with Crippen LogP contribution in [-0.2, 0) is 29.2 Å². The molecule has 0 bridgehead atoms. The van der Waals surface area contributed by atoms with Gasteiger partial charge in [-0.1, -0.05) is 33.6 Å². The van der Waals surface area contributed by atoms with E-state index in [0.29, 0.717) is 6.42 Å². The topological polar surface area (TPSA) is 83.5 Å². The Hall–Kier alpha value is -0.730. The molecule has 4 unspecified atom stereocenters. The first kappa shape index (κ1) is 22.3. The molecule has 0 rings (SSSR count). The largest absolute Gasteiger partial charge is 0.345 e. The normalized spacial score (nSPS) is 18.0. The van der Waals surface area contributed by atoms with Gasteiger partial charge in [0.05, 0.1) is 12.0 Å². The van der Waals surface area contributed by atoms with Crippen LogP contribution in [0, 0.1) is 5.92 Å². The van der Waals surface area contributed by atoms with E-state index in [1.807, 2.05) is 20.8 Å². The molecule has 138 valence electrons. The molecule has 0 aromatic heterocycles. The molecule has 0 aliphatic rings. The Kier molecular flexibility index (Phi) is 11.4. The summed E-state index contributed by atoms with van der Waals surface area (Å²) in [6.45, 7) is 10.7. The van der Waals surface area contributed by atoms with E-state index in [4.69, 9.17) is 24.8 Å². The van der Waals surface area contributed by atoms with E-state index in [-0.39, 0.29) is 12.0 Å². The predicted octanol–water partition coefficient (Wildman–Crippen LogP) is 4.02. The van der Waals surface area contributed by atoms with Crippen molar-refractivity contribution in [1.29, 1.82) is 0 Å². The SMILES string of the molecule is CCCCC(CC)C(=O)OOC(C)(OOC(C)CC)C(C)OO. The lowest BCUT2D eigenvalue weighted by atomic mass is 10.00. The van der Waals surface area contributed by atoms with Crippen molar-refractivity contribution in [1.82, 2.24) is 0 Å². The molecule has 0 saturated heterocycles. The summed E-state index contributed by atoms with van der Waals surface area (Å²) in [6.07, 6.45) is 2.94. The van der Waals surface area contributed by atoms with Crippen molar-refractivity contribution in [2.75, 3.05) is 0 Å². The molecule has 0 radical (unpaired) electrons. The fraction of sp³-hybridized carbons (Fsp3) is 0.938. The molecule has 0 fully saturated rings. The van der Waals surface area contributed by atoms with Gasteiger partial charge in [0.1, 0.15) is 0 Å². The van der Waals surface area contributed by atoms with Crippen molar-refractivity contribution in [2.45, 2.75) is 91.6 Å². The molecule has 0 heterocycles. The summed E-state index contributed by atoms with van der Waals surface area (Å²) in [6, 6.07) is 0. The Morgan fingerprint density at radius 2 is 1.78 bits per heavy atom. The molecule has 1 N–H and O–H groups in total. The molecule has 0 saturated carbocycles. The average molecular weight is 336 g/mol. The Morgan fingerprint density at radius 3 is 2.26 bits per heavy atom. The highest BCUT2D eigenvalue weighted by molar-refractivity contribution is 5.71. The Bertz CT molecular complexity index is 324. The van der Waals surface area contributed by atoms with E-state index < -0.39 is 17.9 Å². The Morgan fingerprint density at radius 1 is 1.13 bits per heavy atom. The van der Waals surface area contributed by atoms with E-state index in [1.165, 1.54) is 13.8 Å². The zero-order valence-corrected chi connectivity index (χ0v) is 15.2. The Labute approximate surface area is 139 Å². The van der Waals surface area contributed by atoms with Gasteiger partial charge in [-0.2, -0.15) is 4.89 Å². The summed E-state index contributed by atoms with van der Waals surface area (Å²) in [7, 11) is 0. The van der Waals surface area contributed by atoms with Crippen LogP contribution >= 0.6 is 0 Å². The van der Waals surface area contributed by atoms with Crippen LogP contribution in [0.1, 0.15) is 73.6 Å². The molecule has 0 amide bonds. The van der Waals surface area contributed by atoms with Gasteiger partial charge in [0, 0.05) is 0 Å². The van der Waals surface area contributed by atoms with Crippen LogP contribution in [0.4, 0.5) is 0 Å². The molecule has 7 heteroatoms. The van der Waals surface area contributed by atoms with Gasteiger partial charge in [0.25, 0.3) is 5.79 Å². The number of carbonyl (C=O) groups excluding carboxylic acids is 1. The van der Waals surface area contributed by atoms with Gasteiger partial charge in [-0.15, -0.1) is 4.89 Å². The van der Waals surface area contributed by atoms with Crippen molar-refractivity contribution in [3.05, 3.63) is 0 Å². The fourth-order valence-corrected chi connectivity index (χ4v) is 1.62. The zero-order chi connectivity index (χ0) is 17.9. The number of hydrogen-bond acceptors (Lipinski definition) is 7. The fourth-order valence-electron chi connectivity index (χ4n) is 1.62. The van der Waals surface area contributed by atoms with Gasteiger partial charge in [-0.3, -0.25) is 10.1 Å². The van der Waals surface area contributed by atoms with E-state index in [9.17, 15) is 4.79 Å². The highest BCUT2D eigenvalue weighted by Gasteiger charge is 2.40. The third-order valence-corrected chi connectivity index (χ3v) is 3.87. The molecule has 0 spiro atoms. The minimum absolute atomic E-state index is 0.188. The van der Waals surface area contributed by atoms with Gasteiger partial charge in [0.15, 0.2) is 6.10 Å². The van der Waals surface area contributed by atoms with Crippen LogP contribution in [-0.4, -0.2) is 29.2 Å². The third kappa shape index (κ3) is 8.08. The molecular formula is C16H32O7. The second kappa shape index (κ2) is 11.8. The van der Waals surface area contributed by atoms with Crippen LogP contribution in [0.3, 0.4) is 0 Å². The number of rotatable bonds is 13. The summed E-state index contributed by atoms with van der Waals surface area (Å²) >= 11 is 0.